The van der Waals surface area contributed by atoms with E-state index in [2.05, 4.69) is 22.8 Å². The van der Waals surface area contributed by atoms with Crippen molar-refractivity contribution in [3.63, 3.8) is 0 Å². The fraction of sp³-hybridized carbons (Fsp3) is 0.720. The molecule has 2 saturated carbocycles. The maximum Gasteiger partial charge on any atom is 0.310 e. The molecule has 0 aromatic heterocycles. The first-order valence-electron chi connectivity index (χ1n) is 12.0. The smallest absolute Gasteiger partial charge is 0.310 e. The van der Waals surface area contributed by atoms with E-state index in [4.69, 9.17) is 21.1 Å². The van der Waals surface area contributed by atoms with E-state index in [-0.39, 0.29) is 29.0 Å². The van der Waals surface area contributed by atoms with Crippen molar-refractivity contribution in [1.82, 2.24) is 4.90 Å². The summed E-state index contributed by atoms with van der Waals surface area (Å²) in [5.41, 5.74) is 1.58. The Kier molecular flexibility index (Phi) is 4.82. The average molecular weight is 445 g/mol. The first kappa shape index (κ1) is 20.3. The van der Waals surface area contributed by atoms with Crippen LogP contribution in [0.2, 0.25) is 5.02 Å². The molecule has 1 spiro atoms. The van der Waals surface area contributed by atoms with Gasteiger partial charge in [-0.2, -0.15) is 0 Å². The highest BCUT2D eigenvalue weighted by Gasteiger charge is 2.65. The van der Waals surface area contributed by atoms with Crippen LogP contribution in [0.15, 0.2) is 24.3 Å². The zero-order valence-electron chi connectivity index (χ0n) is 18.4. The Labute approximate surface area is 190 Å². The Morgan fingerprint density at radius 1 is 1.19 bits per heavy atom. The van der Waals surface area contributed by atoms with Crippen LogP contribution in [0.4, 0.5) is 5.69 Å². The molecule has 3 saturated heterocycles. The highest BCUT2D eigenvalue weighted by molar-refractivity contribution is 6.30. The number of halogens is 1. The number of piperazine rings is 1. The molecule has 6 atom stereocenters. The van der Waals surface area contributed by atoms with Gasteiger partial charge in [0.25, 0.3) is 0 Å². The van der Waals surface area contributed by atoms with E-state index in [1.807, 2.05) is 18.2 Å². The van der Waals surface area contributed by atoms with Crippen molar-refractivity contribution in [3.05, 3.63) is 29.3 Å². The van der Waals surface area contributed by atoms with Gasteiger partial charge in [-0.3, -0.25) is 9.69 Å². The van der Waals surface area contributed by atoms with Crippen molar-refractivity contribution in [1.29, 1.82) is 0 Å². The molecular formula is C25H33ClN2O3. The van der Waals surface area contributed by atoms with E-state index < -0.39 is 0 Å². The molecule has 1 aromatic rings. The molecule has 168 valence electrons. The van der Waals surface area contributed by atoms with Gasteiger partial charge in [-0.25, -0.2) is 0 Å². The summed E-state index contributed by atoms with van der Waals surface area (Å²) in [6.45, 7) is 8.06. The zero-order chi connectivity index (χ0) is 21.2. The first-order chi connectivity index (χ1) is 15.0. The second-order valence-corrected chi connectivity index (χ2v) is 11.3. The number of esters is 1. The fourth-order valence-electron chi connectivity index (χ4n) is 7.31. The van der Waals surface area contributed by atoms with Gasteiger partial charge in [0, 0.05) is 49.4 Å². The van der Waals surface area contributed by atoms with Crippen LogP contribution in [-0.4, -0.2) is 61.9 Å². The van der Waals surface area contributed by atoms with E-state index in [9.17, 15) is 4.79 Å². The third-order valence-electron chi connectivity index (χ3n) is 9.08. The standard InChI is InChI=1S/C25H33ClN2O3/c1-24-6-3-7-25(16-30-25)22(24)13-19-20(23(29)31-21(19)14-24)15-27-8-10-28(11-9-27)18-5-2-4-17(26)12-18/h2,4-5,12,19-22H,3,6-11,13-16H2,1H3/t19-,20+,21-,22-,24-,25+/m1/s1. The predicted octanol–water partition coefficient (Wildman–Crippen LogP) is 3.99. The van der Waals surface area contributed by atoms with Gasteiger partial charge in [0.15, 0.2) is 0 Å². The number of epoxide rings is 1. The first-order valence-corrected chi connectivity index (χ1v) is 12.4. The quantitative estimate of drug-likeness (QED) is 0.521. The summed E-state index contributed by atoms with van der Waals surface area (Å²) >= 11 is 6.17. The minimum Gasteiger partial charge on any atom is -0.462 e. The lowest BCUT2D eigenvalue weighted by Gasteiger charge is -2.51. The van der Waals surface area contributed by atoms with Crippen LogP contribution in [0.5, 0.6) is 0 Å². The summed E-state index contributed by atoms with van der Waals surface area (Å²) in [6.07, 6.45) is 5.94. The van der Waals surface area contributed by atoms with Crippen molar-refractivity contribution in [3.8, 4) is 0 Å². The number of rotatable bonds is 3. The number of hydrogen-bond acceptors (Lipinski definition) is 5. The fourth-order valence-corrected chi connectivity index (χ4v) is 7.49. The Hall–Kier alpha value is -1.30. The van der Waals surface area contributed by atoms with Gasteiger partial charge in [0.2, 0.25) is 0 Å². The number of carbonyl (C=O) groups excluding carboxylic acids is 1. The highest BCUT2D eigenvalue weighted by atomic mass is 35.5. The Morgan fingerprint density at radius 2 is 2.00 bits per heavy atom. The lowest BCUT2D eigenvalue weighted by molar-refractivity contribution is -0.147. The van der Waals surface area contributed by atoms with Crippen LogP contribution in [-0.2, 0) is 14.3 Å². The predicted molar refractivity (Wildman–Crippen MR) is 120 cm³/mol. The summed E-state index contributed by atoms with van der Waals surface area (Å²) in [5.74, 6) is 1.01. The summed E-state index contributed by atoms with van der Waals surface area (Å²) < 4.78 is 12.0. The van der Waals surface area contributed by atoms with Crippen molar-refractivity contribution < 1.29 is 14.3 Å². The maximum absolute atomic E-state index is 12.9. The largest absolute Gasteiger partial charge is 0.462 e. The third-order valence-corrected chi connectivity index (χ3v) is 9.31. The number of fused-ring (bicyclic) bond motifs is 3. The van der Waals surface area contributed by atoms with Gasteiger partial charge < -0.3 is 14.4 Å². The van der Waals surface area contributed by atoms with Gasteiger partial charge in [-0.15, -0.1) is 0 Å². The summed E-state index contributed by atoms with van der Waals surface area (Å²) in [4.78, 5) is 17.8. The van der Waals surface area contributed by atoms with Gasteiger partial charge in [-0.1, -0.05) is 24.6 Å². The zero-order valence-corrected chi connectivity index (χ0v) is 19.2. The lowest BCUT2D eigenvalue weighted by atomic mass is 9.53. The normalized spacial score (nSPS) is 42.3. The van der Waals surface area contributed by atoms with E-state index in [1.165, 1.54) is 24.9 Å². The van der Waals surface area contributed by atoms with Crippen LogP contribution in [0.25, 0.3) is 0 Å². The molecule has 0 amide bonds. The molecule has 0 bridgehead atoms. The van der Waals surface area contributed by atoms with Crippen LogP contribution < -0.4 is 4.90 Å². The number of nitrogens with zero attached hydrogens (tertiary/aromatic N) is 2. The topological polar surface area (TPSA) is 45.3 Å². The Morgan fingerprint density at radius 3 is 2.74 bits per heavy atom. The molecular weight excluding hydrogens is 412 g/mol. The number of anilines is 1. The Balaban J connectivity index is 1.12. The number of hydrogen-bond donors (Lipinski definition) is 0. The van der Waals surface area contributed by atoms with Crippen LogP contribution >= 0.6 is 11.6 Å². The molecule has 6 rings (SSSR count). The van der Waals surface area contributed by atoms with Crippen molar-refractivity contribution in [2.24, 2.45) is 23.2 Å². The third kappa shape index (κ3) is 3.48. The SMILES string of the molecule is C[C@]12CCC[C@]3(CO3)[C@@H]1C[C@@H]1[C@H](CN3CCN(c4cccc(Cl)c4)CC3)C(=O)O[C@@H]1C2. The van der Waals surface area contributed by atoms with E-state index >= 15 is 0 Å². The molecule has 0 N–H and O–H groups in total. The van der Waals surface area contributed by atoms with E-state index in [0.717, 1.165) is 57.2 Å². The molecule has 5 aliphatic rings. The molecule has 0 radical (unpaired) electrons. The molecule has 5 fully saturated rings. The summed E-state index contributed by atoms with van der Waals surface area (Å²) in [7, 11) is 0. The molecule has 1 aromatic carbocycles. The van der Waals surface area contributed by atoms with Gasteiger partial charge in [-0.05, 0) is 61.6 Å². The lowest BCUT2D eigenvalue weighted by Crippen LogP contribution is -2.52. The van der Waals surface area contributed by atoms with Gasteiger partial charge in [0.05, 0.1) is 18.1 Å². The van der Waals surface area contributed by atoms with Gasteiger partial charge >= 0.3 is 5.97 Å². The summed E-state index contributed by atoms with van der Waals surface area (Å²) in [5, 5.41) is 0.782. The molecule has 6 heteroatoms. The monoisotopic (exact) mass is 444 g/mol. The number of benzene rings is 1. The minimum atomic E-state index is 0.0185. The van der Waals surface area contributed by atoms with Crippen molar-refractivity contribution in [2.75, 3.05) is 44.2 Å². The van der Waals surface area contributed by atoms with Crippen LogP contribution in [0.3, 0.4) is 0 Å². The second-order valence-electron chi connectivity index (χ2n) is 10.9. The van der Waals surface area contributed by atoms with Crippen molar-refractivity contribution in [2.45, 2.75) is 50.7 Å². The molecule has 31 heavy (non-hydrogen) atoms. The molecule has 2 aliphatic carbocycles. The maximum atomic E-state index is 12.9. The Bertz CT molecular complexity index is 866. The minimum absolute atomic E-state index is 0.0185. The number of ether oxygens (including phenoxy) is 2. The molecule has 0 unspecified atom stereocenters. The highest BCUT2D eigenvalue weighted by Crippen LogP contribution is 2.62. The number of carbonyl (C=O) groups is 1. The van der Waals surface area contributed by atoms with Crippen LogP contribution in [0, 0.1) is 23.2 Å². The molecule has 3 aliphatic heterocycles. The van der Waals surface area contributed by atoms with E-state index in [1.54, 1.807) is 0 Å². The second kappa shape index (κ2) is 7.36. The average Bonchev–Trinajstić information content (AvgIpc) is 3.45. The molecule has 5 nitrogen and oxygen atoms in total. The van der Waals surface area contributed by atoms with Crippen molar-refractivity contribution >= 4 is 23.3 Å². The van der Waals surface area contributed by atoms with Crippen LogP contribution in [0.1, 0.15) is 39.0 Å². The van der Waals surface area contributed by atoms with E-state index in [0.29, 0.717) is 11.8 Å². The van der Waals surface area contributed by atoms with Gasteiger partial charge in [0.1, 0.15) is 6.10 Å². The molecule has 3 heterocycles. The summed E-state index contributed by atoms with van der Waals surface area (Å²) in [6, 6.07) is 8.09.